The van der Waals surface area contributed by atoms with E-state index in [-0.39, 0.29) is 17.6 Å². The average molecular weight is 266 g/mol. The van der Waals surface area contributed by atoms with Gasteiger partial charge in [0.15, 0.2) is 0 Å². The van der Waals surface area contributed by atoms with E-state index in [1.54, 1.807) is 12.1 Å². The number of halogens is 1. The fraction of sp³-hybridized carbons (Fsp3) is 0.429. The quantitative estimate of drug-likeness (QED) is 0.745. The minimum atomic E-state index is -0.367. The summed E-state index contributed by atoms with van der Waals surface area (Å²) in [4.78, 5) is 22.2. The summed E-state index contributed by atoms with van der Waals surface area (Å²) in [6.45, 7) is 2.12. The van der Waals surface area contributed by atoms with Gasteiger partial charge in [0.25, 0.3) is 0 Å². The number of unbranched alkanes of at least 4 members (excludes halogenated alkanes) is 2. The Balaban J connectivity index is 2.13. The fourth-order valence-electron chi connectivity index (χ4n) is 1.64. The molecular formula is C14H19FN2O2. The van der Waals surface area contributed by atoms with E-state index in [0.29, 0.717) is 18.7 Å². The summed E-state index contributed by atoms with van der Waals surface area (Å²) in [6.07, 6.45) is 2.88. The largest absolute Gasteiger partial charge is 0.356 e. The highest BCUT2D eigenvalue weighted by Gasteiger charge is 2.02. The molecule has 0 saturated carbocycles. The van der Waals surface area contributed by atoms with Crippen LogP contribution in [0.15, 0.2) is 24.3 Å². The van der Waals surface area contributed by atoms with Crippen LogP contribution < -0.4 is 10.6 Å². The Labute approximate surface area is 112 Å². The van der Waals surface area contributed by atoms with Gasteiger partial charge in [-0.1, -0.05) is 12.5 Å². The molecule has 1 rings (SSSR count). The molecule has 104 valence electrons. The smallest absolute Gasteiger partial charge is 0.224 e. The number of anilines is 1. The van der Waals surface area contributed by atoms with Gasteiger partial charge < -0.3 is 10.6 Å². The molecule has 0 aliphatic carbocycles. The minimum absolute atomic E-state index is 0.0381. The van der Waals surface area contributed by atoms with E-state index in [9.17, 15) is 14.0 Å². The van der Waals surface area contributed by atoms with Crippen molar-refractivity contribution >= 4 is 17.5 Å². The molecule has 0 spiro atoms. The molecule has 1 aromatic carbocycles. The number of nitrogens with one attached hydrogen (secondary N) is 2. The second-order valence-corrected chi connectivity index (χ2v) is 4.35. The Morgan fingerprint density at radius 1 is 1.21 bits per heavy atom. The number of carbonyl (C=O) groups excluding carboxylic acids is 2. The van der Waals surface area contributed by atoms with Gasteiger partial charge in [-0.25, -0.2) is 4.39 Å². The minimum Gasteiger partial charge on any atom is -0.356 e. The van der Waals surface area contributed by atoms with Crippen molar-refractivity contribution in [1.82, 2.24) is 5.32 Å². The first-order chi connectivity index (χ1) is 9.08. The third-order valence-electron chi connectivity index (χ3n) is 2.56. The molecule has 2 amide bonds. The molecule has 0 atom stereocenters. The van der Waals surface area contributed by atoms with Crippen LogP contribution in [0.2, 0.25) is 0 Å². The summed E-state index contributed by atoms with van der Waals surface area (Å²) in [6, 6.07) is 5.82. The third-order valence-corrected chi connectivity index (χ3v) is 2.56. The first kappa shape index (κ1) is 15.1. The lowest BCUT2D eigenvalue weighted by molar-refractivity contribution is -0.119. The van der Waals surface area contributed by atoms with E-state index in [4.69, 9.17) is 0 Å². The summed E-state index contributed by atoms with van der Waals surface area (Å²) in [7, 11) is 0. The second-order valence-electron chi connectivity index (χ2n) is 4.35. The SMILES string of the molecule is CC(=O)NCCCCCC(=O)Nc1cccc(F)c1. The van der Waals surface area contributed by atoms with Gasteiger partial charge in [0.2, 0.25) is 11.8 Å². The zero-order chi connectivity index (χ0) is 14.1. The Kier molecular flexibility index (Phi) is 6.57. The number of amides is 2. The first-order valence-electron chi connectivity index (χ1n) is 6.38. The Morgan fingerprint density at radius 3 is 2.68 bits per heavy atom. The van der Waals surface area contributed by atoms with Crippen molar-refractivity contribution in [2.24, 2.45) is 0 Å². The van der Waals surface area contributed by atoms with E-state index in [0.717, 1.165) is 19.3 Å². The summed E-state index contributed by atoms with van der Waals surface area (Å²) in [5.74, 6) is -0.526. The predicted molar refractivity (Wildman–Crippen MR) is 72.2 cm³/mol. The first-order valence-corrected chi connectivity index (χ1v) is 6.38. The van der Waals surface area contributed by atoms with Gasteiger partial charge in [0.1, 0.15) is 5.82 Å². The molecule has 0 saturated heterocycles. The highest BCUT2D eigenvalue weighted by atomic mass is 19.1. The zero-order valence-electron chi connectivity index (χ0n) is 11.0. The van der Waals surface area contributed by atoms with Crippen molar-refractivity contribution < 1.29 is 14.0 Å². The number of carbonyl (C=O) groups is 2. The molecule has 0 heterocycles. The number of hydrogen-bond donors (Lipinski definition) is 2. The van der Waals surface area contributed by atoms with Gasteiger partial charge in [-0.2, -0.15) is 0 Å². The van der Waals surface area contributed by atoms with Crippen molar-refractivity contribution in [2.45, 2.75) is 32.6 Å². The van der Waals surface area contributed by atoms with Gasteiger partial charge in [-0.3, -0.25) is 9.59 Å². The number of benzene rings is 1. The molecule has 0 fully saturated rings. The van der Waals surface area contributed by atoms with Crippen molar-refractivity contribution in [3.63, 3.8) is 0 Å². The standard InChI is InChI=1S/C14H19FN2O2/c1-11(18)16-9-4-2-3-8-14(19)17-13-7-5-6-12(15)10-13/h5-7,10H,2-4,8-9H2,1H3,(H,16,18)(H,17,19). The van der Waals surface area contributed by atoms with Gasteiger partial charge in [-0.05, 0) is 31.0 Å². The molecule has 19 heavy (non-hydrogen) atoms. The van der Waals surface area contributed by atoms with Gasteiger partial charge >= 0.3 is 0 Å². The van der Waals surface area contributed by atoms with Crippen molar-refractivity contribution in [1.29, 1.82) is 0 Å². The van der Waals surface area contributed by atoms with Crippen LogP contribution in [0, 0.1) is 5.82 Å². The molecule has 0 aliphatic rings. The second kappa shape index (κ2) is 8.24. The highest BCUT2D eigenvalue weighted by molar-refractivity contribution is 5.90. The Hall–Kier alpha value is -1.91. The Morgan fingerprint density at radius 2 is 2.00 bits per heavy atom. The monoisotopic (exact) mass is 266 g/mol. The van der Waals surface area contributed by atoms with Crippen LogP contribution in [0.5, 0.6) is 0 Å². The summed E-state index contributed by atoms with van der Waals surface area (Å²) >= 11 is 0. The van der Waals surface area contributed by atoms with Crippen LogP contribution in [0.25, 0.3) is 0 Å². The maximum absolute atomic E-state index is 12.9. The van der Waals surface area contributed by atoms with Gasteiger partial charge in [0.05, 0.1) is 0 Å². The lowest BCUT2D eigenvalue weighted by Gasteiger charge is -2.05. The fourth-order valence-corrected chi connectivity index (χ4v) is 1.64. The van der Waals surface area contributed by atoms with E-state index >= 15 is 0 Å². The van der Waals surface area contributed by atoms with Crippen molar-refractivity contribution in [3.05, 3.63) is 30.1 Å². The van der Waals surface area contributed by atoms with Crippen LogP contribution in [-0.2, 0) is 9.59 Å². The molecule has 5 heteroatoms. The number of hydrogen-bond acceptors (Lipinski definition) is 2. The molecule has 0 radical (unpaired) electrons. The van der Waals surface area contributed by atoms with Crippen LogP contribution in [-0.4, -0.2) is 18.4 Å². The van der Waals surface area contributed by atoms with E-state index < -0.39 is 0 Å². The summed E-state index contributed by atoms with van der Waals surface area (Å²) in [5, 5.41) is 5.34. The van der Waals surface area contributed by atoms with Crippen LogP contribution in [0.3, 0.4) is 0 Å². The van der Waals surface area contributed by atoms with E-state index in [1.807, 2.05) is 0 Å². The average Bonchev–Trinajstić information content (AvgIpc) is 2.33. The maximum atomic E-state index is 12.9. The number of rotatable bonds is 7. The molecule has 0 aromatic heterocycles. The normalized spacial score (nSPS) is 10.0. The van der Waals surface area contributed by atoms with Crippen molar-refractivity contribution in [3.8, 4) is 0 Å². The van der Waals surface area contributed by atoms with Crippen LogP contribution >= 0.6 is 0 Å². The third kappa shape index (κ3) is 7.18. The molecule has 0 bridgehead atoms. The molecular weight excluding hydrogens is 247 g/mol. The molecule has 1 aromatic rings. The predicted octanol–water partition coefficient (Wildman–Crippen LogP) is 2.46. The van der Waals surface area contributed by atoms with Crippen molar-refractivity contribution in [2.75, 3.05) is 11.9 Å². The van der Waals surface area contributed by atoms with Crippen LogP contribution in [0.1, 0.15) is 32.6 Å². The Bertz CT molecular complexity index is 435. The van der Waals surface area contributed by atoms with E-state index in [1.165, 1.54) is 19.1 Å². The lowest BCUT2D eigenvalue weighted by atomic mass is 10.2. The van der Waals surface area contributed by atoms with E-state index in [2.05, 4.69) is 10.6 Å². The highest BCUT2D eigenvalue weighted by Crippen LogP contribution is 2.10. The molecule has 2 N–H and O–H groups in total. The van der Waals surface area contributed by atoms with Gasteiger partial charge in [0, 0.05) is 25.6 Å². The zero-order valence-corrected chi connectivity index (χ0v) is 11.0. The van der Waals surface area contributed by atoms with Crippen LogP contribution in [0.4, 0.5) is 10.1 Å². The maximum Gasteiger partial charge on any atom is 0.224 e. The summed E-state index contributed by atoms with van der Waals surface area (Å²) in [5.41, 5.74) is 0.475. The lowest BCUT2D eigenvalue weighted by Crippen LogP contribution is -2.20. The molecule has 4 nitrogen and oxygen atoms in total. The van der Waals surface area contributed by atoms with Gasteiger partial charge in [-0.15, -0.1) is 0 Å². The molecule has 0 aliphatic heterocycles. The summed E-state index contributed by atoms with van der Waals surface area (Å²) < 4.78 is 12.9. The topological polar surface area (TPSA) is 58.2 Å². The molecule has 0 unspecified atom stereocenters.